The Morgan fingerprint density at radius 2 is 2.10 bits per heavy atom. The van der Waals surface area contributed by atoms with Gasteiger partial charge in [-0.15, -0.1) is 0 Å². The second-order valence-corrected chi connectivity index (χ2v) is 11.4. The molecule has 1 heterocycles. The lowest BCUT2D eigenvalue weighted by molar-refractivity contribution is -0.0288. The van der Waals surface area contributed by atoms with Gasteiger partial charge in [0.2, 0.25) is 0 Å². The number of pyridine rings is 1. The predicted molar refractivity (Wildman–Crippen MR) is 123 cm³/mol. The van der Waals surface area contributed by atoms with E-state index in [0.29, 0.717) is 12.1 Å². The molecule has 1 N–H and O–H groups in total. The Balaban J connectivity index is 2.25. The maximum atomic E-state index is 12.5. The van der Waals surface area contributed by atoms with Crippen LogP contribution in [0.5, 0.6) is 0 Å². The second-order valence-electron chi connectivity index (χ2n) is 9.00. The zero-order valence-electron chi connectivity index (χ0n) is 18.6. The Morgan fingerprint density at radius 3 is 2.71 bits per heavy atom. The van der Waals surface area contributed by atoms with Crippen molar-refractivity contribution in [2.24, 2.45) is 10.9 Å². The molecule has 0 unspecified atom stereocenters. The van der Waals surface area contributed by atoms with Gasteiger partial charge < -0.3 is 14.8 Å². The van der Waals surface area contributed by atoms with Crippen LogP contribution < -0.4 is 5.32 Å². The van der Waals surface area contributed by atoms with Crippen molar-refractivity contribution in [3.8, 4) is 0 Å². The zero-order valence-corrected chi connectivity index (χ0v) is 20.3. The van der Waals surface area contributed by atoms with Gasteiger partial charge in [0.05, 0.1) is 41.6 Å². The molecule has 2 rings (SSSR count). The second kappa shape index (κ2) is 10.6. The molecule has 1 aromatic rings. The van der Waals surface area contributed by atoms with E-state index in [1.165, 1.54) is 6.26 Å². The van der Waals surface area contributed by atoms with Gasteiger partial charge in [-0.25, -0.2) is 13.2 Å². The highest BCUT2D eigenvalue weighted by Crippen LogP contribution is 2.41. The van der Waals surface area contributed by atoms with Crippen LogP contribution in [-0.2, 0) is 19.3 Å². The van der Waals surface area contributed by atoms with E-state index >= 15 is 0 Å². The number of rotatable bonds is 7. The van der Waals surface area contributed by atoms with Crippen LogP contribution in [0.4, 0.5) is 10.5 Å². The molecule has 8 nitrogen and oxygen atoms in total. The first kappa shape index (κ1) is 25.4. The summed E-state index contributed by atoms with van der Waals surface area (Å²) >= 11 is 4.76. The third kappa shape index (κ3) is 8.29. The highest BCUT2D eigenvalue weighted by Gasteiger charge is 2.39. The average Bonchev–Trinajstić information content (AvgIpc) is 2.62. The summed E-state index contributed by atoms with van der Waals surface area (Å²) in [6.45, 7) is 7.49. The highest BCUT2D eigenvalue weighted by atomic mass is 32.2. The number of hydrogen-bond acceptors (Lipinski definition) is 8. The number of amides is 1. The van der Waals surface area contributed by atoms with E-state index in [1.54, 1.807) is 33.2 Å². The van der Waals surface area contributed by atoms with Crippen LogP contribution in [0.1, 0.15) is 52.0 Å². The number of ether oxygens (including phenoxy) is 2. The van der Waals surface area contributed by atoms with Crippen LogP contribution in [0.15, 0.2) is 23.5 Å². The first-order valence-corrected chi connectivity index (χ1v) is 12.7. The van der Waals surface area contributed by atoms with Crippen molar-refractivity contribution in [1.82, 2.24) is 10.3 Å². The zero-order chi connectivity index (χ0) is 23.2. The van der Waals surface area contributed by atoms with Gasteiger partial charge in [0.1, 0.15) is 15.4 Å². The smallest absolute Gasteiger partial charge is 0.407 e. The Labute approximate surface area is 189 Å². The Kier molecular flexibility index (Phi) is 8.71. The fraction of sp³-hybridized carbons (Fsp3) is 0.667. The summed E-state index contributed by atoms with van der Waals surface area (Å²) in [6, 6.07) is 1.54. The van der Waals surface area contributed by atoms with Crippen LogP contribution in [-0.4, -0.2) is 61.0 Å². The lowest BCUT2D eigenvalue weighted by Crippen LogP contribution is -2.52. The summed E-state index contributed by atoms with van der Waals surface area (Å²) in [5, 5.41) is 5.33. The fourth-order valence-electron chi connectivity index (χ4n) is 3.87. The number of alkyl carbamates (subject to hydrolysis) is 1. The molecule has 1 aliphatic rings. The third-order valence-corrected chi connectivity index (χ3v) is 6.06. The molecule has 1 saturated carbocycles. The van der Waals surface area contributed by atoms with Crippen molar-refractivity contribution >= 4 is 39.0 Å². The van der Waals surface area contributed by atoms with Gasteiger partial charge in [0.15, 0.2) is 0 Å². The summed E-state index contributed by atoms with van der Waals surface area (Å²) in [7, 11) is -3.15. The van der Waals surface area contributed by atoms with Crippen molar-refractivity contribution in [2.75, 3.05) is 18.6 Å². The van der Waals surface area contributed by atoms with E-state index in [1.807, 2.05) is 13.0 Å². The van der Waals surface area contributed by atoms with Crippen molar-refractivity contribution in [3.63, 3.8) is 0 Å². The quantitative estimate of drug-likeness (QED) is 0.480. The normalized spacial score (nSPS) is 24.2. The van der Waals surface area contributed by atoms with E-state index in [0.717, 1.165) is 12.0 Å². The molecule has 0 aromatic carbocycles. The van der Waals surface area contributed by atoms with E-state index in [-0.39, 0.29) is 36.3 Å². The number of sulfone groups is 1. The van der Waals surface area contributed by atoms with Gasteiger partial charge in [-0.3, -0.25) is 4.98 Å². The van der Waals surface area contributed by atoms with Crippen molar-refractivity contribution in [1.29, 1.82) is 0 Å². The number of hydrogen-bond donors (Lipinski definition) is 1. The molecule has 1 aliphatic carbocycles. The van der Waals surface area contributed by atoms with Gasteiger partial charge in [-0.05, 0) is 69.3 Å². The molecule has 0 aliphatic heterocycles. The molecule has 31 heavy (non-hydrogen) atoms. The number of aliphatic imine (C=N–C) groups is 1. The number of carbonyl (C=O) groups is 1. The Hall–Kier alpha value is -1.87. The molecule has 1 amide bonds. The summed E-state index contributed by atoms with van der Waals surface area (Å²) in [6.07, 6.45) is 5.00. The molecule has 172 valence electrons. The number of nitrogens with zero attached hydrogens (tertiary/aromatic N) is 2. The number of thiocarbonyl (C=S) groups is 1. The minimum absolute atomic E-state index is 0.0516. The monoisotopic (exact) mass is 469 g/mol. The van der Waals surface area contributed by atoms with Crippen LogP contribution in [0.25, 0.3) is 0 Å². The van der Waals surface area contributed by atoms with E-state index in [9.17, 15) is 13.2 Å². The molecular weight excluding hydrogens is 438 g/mol. The third-order valence-electron chi connectivity index (χ3n) is 5.06. The number of carbonyl (C=O) groups excluding carboxylic acids is 1. The van der Waals surface area contributed by atoms with Gasteiger partial charge in [0.25, 0.3) is 0 Å². The minimum Gasteiger partial charge on any atom is -0.444 e. The fourth-order valence-corrected chi connectivity index (χ4v) is 4.37. The molecule has 0 saturated heterocycles. The first-order chi connectivity index (χ1) is 14.4. The lowest BCUT2D eigenvalue weighted by atomic mass is 9.74. The van der Waals surface area contributed by atoms with Gasteiger partial charge >= 0.3 is 6.09 Å². The van der Waals surface area contributed by atoms with E-state index < -0.39 is 21.5 Å². The SMILES string of the molecule is C[C@H]1C[C@@H](c2ccncc2N=C=S)C[C@@H](NC(=O)OC(C)(C)C)[C@H]1OCCS(C)(=O)=O. The number of aromatic nitrogens is 1. The largest absolute Gasteiger partial charge is 0.444 e. The standard InChI is InChI=1S/C21H31N3O5S2/c1-14-10-15(16-6-7-22-12-18(16)23-13-30)11-17(24-20(25)29-21(2,3)4)19(14)28-8-9-31(5,26)27/h6-7,12,14-15,17,19H,8-11H2,1-5H3,(H,24,25)/t14-,15+,17+,19-/m0/s1. The first-order valence-electron chi connectivity index (χ1n) is 10.2. The van der Waals surface area contributed by atoms with Gasteiger partial charge in [-0.2, -0.15) is 4.99 Å². The minimum atomic E-state index is -3.15. The Bertz CT molecular complexity index is 923. The topological polar surface area (TPSA) is 107 Å². The molecule has 1 aromatic heterocycles. The maximum absolute atomic E-state index is 12.5. The molecule has 0 spiro atoms. The van der Waals surface area contributed by atoms with Crippen molar-refractivity contribution < 1.29 is 22.7 Å². The van der Waals surface area contributed by atoms with Crippen LogP contribution in [0.3, 0.4) is 0 Å². The highest BCUT2D eigenvalue weighted by molar-refractivity contribution is 7.90. The van der Waals surface area contributed by atoms with Gasteiger partial charge in [0, 0.05) is 12.5 Å². The molecule has 10 heteroatoms. The van der Waals surface area contributed by atoms with E-state index in [4.69, 9.17) is 21.7 Å². The molecule has 0 bridgehead atoms. The van der Waals surface area contributed by atoms with Crippen LogP contribution in [0.2, 0.25) is 0 Å². The molecule has 0 radical (unpaired) electrons. The van der Waals surface area contributed by atoms with Crippen molar-refractivity contribution in [3.05, 3.63) is 24.0 Å². The van der Waals surface area contributed by atoms with Crippen molar-refractivity contribution in [2.45, 2.75) is 64.2 Å². The lowest BCUT2D eigenvalue weighted by Gasteiger charge is -2.41. The summed E-state index contributed by atoms with van der Waals surface area (Å²) < 4.78 is 34.4. The predicted octanol–water partition coefficient (Wildman–Crippen LogP) is 3.65. The number of isothiocyanates is 1. The maximum Gasteiger partial charge on any atom is 0.407 e. The molecular formula is C21H31N3O5S2. The summed E-state index contributed by atoms with van der Waals surface area (Å²) in [5.74, 6) is 0.0574. The number of nitrogens with one attached hydrogen (secondary N) is 1. The van der Waals surface area contributed by atoms with E-state index in [2.05, 4.69) is 20.5 Å². The molecule has 1 fully saturated rings. The summed E-state index contributed by atoms with van der Waals surface area (Å²) in [5.41, 5.74) is 0.995. The average molecular weight is 470 g/mol. The van der Waals surface area contributed by atoms with Crippen LogP contribution in [0, 0.1) is 5.92 Å². The molecule has 4 atom stereocenters. The summed E-state index contributed by atoms with van der Waals surface area (Å²) in [4.78, 5) is 20.7. The van der Waals surface area contributed by atoms with Gasteiger partial charge in [-0.1, -0.05) is 6.92 Å². The van der Waals surface area contributed by atoms with Crippen LogP contribution >= 0.6 is 12.2 Å². The Morgan fingerprint density at radius 1 is 1.39 bits per heavy atom.